The van der Waals surface area contributed by atoms with Crippen LogP contribution in [0.5, 0.6) is 0 Å². The summed E-state index contributed by atoms with van der Waals surface area (Å²) in [5.74, 6) is 0. The minimum atomic E-state index is -0.324. The number of aryl methyl sites for hydroxylation is 2. The summed E-state index contributed by atoms with van der Waals surface area (Å²) in [6, 6.07) is 19.3. The lowest BCUT2D eigenvalue weighted by Crippen LogP contribution is -2.39. The first kappa shape index (κ1) is 15.7. The Balaban J connectivity index is 1.71. The molecule has 1 saturated heterocycles. The lowest BCUT2D eigenvalue weighted by molar-refractivity contribution is 0.625. The van der Waals surface area contributed by atoms with E-state index in [-0.39, 0.29) is 5.54 Å². The van der Waals surface area contributed by atoms with E-state index >= 15 is 0 Å². The second-order valence-corrected chi connectivity index (χ2v) is 7.96. The second-order valence-electron chi connectivity index (χ2n) is 5.61. The maximum atomic E-state index is 5.47. The lowest BCUT2D eigenvalue weighted by atomic mass is 9.92. The molecule has 1 N–H and O–H groups in total. The first-order valence-corrected chi connectivity index (χ1v) is 8.89. The van der Waals surface area contributed by atoms with Crippen LogP contribution in [-0.2, 0) is 18.4 Å². The summed E-state index contributed by atoms with van der Waals surface area (Å²) in [5, 5.41) is 3.33. The second kappa shape index (κ2) is 6.49. The van der Waals surface area contributed by atoms with Crippen molar-refractivity contribution >= 4 is 44.7 Å². The third kappa shape index (κ3) is 3.24. The number of rotatable bonds is 4. The summed E-state index contributed by atoms with van der Waals surface area (Å²) in [6.45, 7) is 2.10. The molecule has 0 radical (unpaired) electrons. The average molecular weight is 344 g/mol. The Morgan fingerprint density at radius 2 is 1.50 bits per heavy atom. The highest BCUT2D eigenvalue weighted by Gasteiger charge is 2.38. The molecule has 112 valence electrons. The summed E-state index contributed by atoms with van der Waals surface area (Å²) >= 11 is 12.2. The number of thioether (sulfide) groups is 1. The van der Waals surface area contributed by atoms with Gasteiger partial charge in [0.25, 0.3) is 0 Å². The molecule has 1 heterocycles. The third-order valence-electron chi connectivity index (χ3n) is 4.02. The Hall–Kier alpha value is -1.23. The van der Waals surface area contributed by atoms with Crippen molar-refractivity contribution in [3.05, 3.63) is 71.3 Å². The van der Waals surface area contributed by atoms with Crippen molar-refractivity contribution < 1.29 is 0 Å². The number of thiocarbonyl (C=S) groups is 2. The van der Waals surface area contributed by atoms with Gasteiger partial charge in [-0.3, -0.25) is 0 Å². The highest BCUT2D eigenvalue weighted by Crippen LogP contribution is 2.35. The molecule has 1 unspecified atom stereocenters. The average Bonchev–Trinajstić information content (AvgIpc) is 2.80. The molecule has 1 atom stereocenters. The zero-order chi connectivity index (χ0) is 15.6. The number of hydrogen-bond donors (Lipinski definition) is 1. The van der Waals surface area contributed by atoms with Crippen LogP contribution in [0.2, 0.25) is 0 Å². The number of nitrogens with one attached hydrogen (secondary N) is 1. The lowest BCUT2D eigenvalue weighted by Gasteiger charge is -2.24. The van der Waals surface area contributed by atoms with Gasteiger partial charge in [0, 0.05) is 0 Å². The van der Waals surface area contributed by atoms with E-state index in [2.05, 4.69) is 66.8 Å². The van der Waals surface area contributed by atoms with Gasteiger partial charge in [-0.15, -0.1) is 0 Å². The molecular weight excluding hydrogens is 326 g/mol. The van der Waals surface area contributed by atoms with Gasteiger partial charge in [-0.05, 0) is 36.5 Å². The molecular formula is C18H17NS3. The van der Waals surface area contributed by atoms with E-state index in [4.69, 9.17) is 24.4 Å². The first-order valence-electron chi connectivity index (χ1n) is 7.26. The third-order valence-corrected chi connectivity index (χ3v) is 5.91. The van der Waals surface area contributed by atoms with Crippen molar-refractivity contribution in [3.63, 3.8) is 0 Å². The van der Waals surface area contributed by atoms with E-state index in [0.29, 0.717) is 0 Å². The Bertz CT molecular complexity index is 694. The molecule has 1 aliphatic heterocycles. The van der Waals surface area contributed by atoms with E-state index in [1.807, 2.05) is 0 Å². The fourth-order valence-corrected chi connectivity index (χ4v) is 4.42. The van der Waals surface area contributed by atoms with Crippen LogP contribution in [0.15, 0.2) is 54.6 Å². The zero-order valence-electron chi connectivity index (χ0n) is 12.3. The van der Waals surface area contributed by atoms with Gasteiger partial charge < -0.3 is 5.32 Å². The van der Waals surface area contributed by atoms with E-state index in [0.717, 1.165) is 21.4 Å². The summed E-state index contributed by atoms with van der Waals surface area (Å²) in [7, 11) is 0. The predicted octanol–water partition coefficient (Wildman–Crippen LogP) is 4.64. The molecule has 0 spiro atoms. The Morgan fingerprint density at radius 1 is 0.909 bits per heavy atom. The summed E-state index contributed by atoms with van der Waals surface area (Å²) < 4.78 is 1.66. The van der Waals surface area contributed by atoms with E-state index in [1.165, 1.54) is 28.5 Å². The molecule has 2 aromatic rings. The summed E-state index contributed by atoms with van der Waals surface area (Å²) in [6.07, 6.45) is 2.11. The SMILES string of the molecule is CC1(c2ccc(CCc3ccccc3)cc2)NC(=S)SC1=S. The van der Waals surface area contributed by atoms with Crippen LogP contribution in [0.1, 0.15) is 23.6 Å². The van der Waals surface area contributed by atoms with Gasteiger partial charge in [-0.1, -0.05) is 90.8 Å². The summed E-state index contributed by atoms with van der Waals surface area (Å²) in [5.41, 5.74) is 3.57. The smallest absolute Gasteiger partial charge is 0.140 e. The number of hydrogen-bond acceptors (Lipinski definition) is 3. The molecule has 0 saturated carbocycles. The van der Waals surface area contributed by atoms with Crippen LogP contribution in [0.3, 0.4) is 0 Å². The van der Waals surface area contributed by atoms with Gasteiger partial charge >= 0.3 is 0 Å². The van der Waals surface area contributed by atoms with Gasteiger partial charge in [0.05, 0.1) is 4.20 Å². The maximum Gasteiger partial charge on any atom is 0.140 e. The van der Waals surface area contributed by atoms with Gasteiger partial charge in [0.15, 0.2) is 0 Å². The molecule has 2 aromatic carbocycles. The molecule has 1 fully saturated rings. The van der Waals surface area contributed by atoms with E-state index in [9.17, 15) is 0 Å². The molecule has 0 aromatic heterocycles. The van der Waals surface area contributed by atoms with Crippen LogP contribution in [0.4, 0.5) is 0 Å². The van der Waals surface area contributed by atoms with Crippen LogP contribution in [0, 0.1) is 0 Å². The fourth-order valence-electron chi connectivity index (χ4n) is 2.60. The number of benzene rings is 2. The highest BCUT2D eigenvalue weighted by molar-refractivity contribution is 8.38. The molecule has 1 aliphatic rings. The molecule has 22 heavy (non-hydrogen) atoms. The topological polar surface area (TPSA) is 12.0 Å². The van der Waals surface area contributed by atoms with Gasteiger partial charge in [-0.25, -0.2) is 0 Å². The minimum absolute atomic E-state index is 0.324. The normalized spacial score (nSPS) is 21.0. The van der Waals surface area contributed by atoms with Crippen molar-refractivity contribution in [3.8, 4) is 0 Å². The van der Waals surface area contributed by atoms with Crippen LogP contribution in [-0.4, -0.2) is 8.52 Å². The van der Waals surface area contributed by atoms with E-state index < -0.39 is 0 Å². The van der Waals surface area contributed by atoms with E-state index in [1.54, 1.807) is 0 Å². The Kier molecular flexibility index (Phi) is 4.62. The molecule has 0 aliphatic carbocycles. The van der Waals surface area contributed by atoms with Crippen molar-refractivity contribution in [1.29, 1.82) is 0 Å². The summed E-state index contributed by atoms with van der Waals surface area (Å²) in [4.78, 5) is 0. The van der Waals surface area contributed by atoms with Crippen LogP contribution >= 0.6 is 36.2 Å². The zero-order valence-corrected chi connectivity index (χ0v) is 14.8. The van der Waals surface area contributed by atoms with Gasteiger partial charge in [-0.2, -0.15) is 0 Å². The molecule has 0 amide bonds. The van der Waals surface area contributed by atoms with Crippen molar-refractivity contribution in [2.75, 3.05) is 0 Å². The van der Waals surface area contributed by atoms with Gasteiger partial charge in [0.2, 0.25) is 0 Å². The first-order chi connectivity index (χ1) is 10.6. The quantitative estimate of drug-likeness (QED) is 0.812. The largest absolute Gasteiger partial charge is 0.356 e. The molecule has 1 nitrogen and oxygen atoms in total. The van der Waals surface area contributed by atoms with Crippen LogP contribution in [0.25, 0.3) is 0 Å². The molecule has 3 rings (SSSR count). The van der Waals surface area contributed by atoms with Crippen molar-refractivity contribution in [2.24, 2.45) is 0 Å². The Labute approximate surface area is 146 Å². The monoisotopic (exact) mass is 343 g/mol. The van der Waals surface area contributed by atoms with Crippen LogP contribution < -0.4 is 5.32 Å². The van der Waals surface area contributed by atoms with Crippen molar-refractivity contribution in [2.45, 2.75) is 25.3 Å². The molecule has 4 heteroatoms. The standard InChI is InChI=1S/C18H17NS3/c1-18(16(20)22-17(21)19-18)15-11-9-14(10-12-15)8-7-13-5-3-2-4-6-13/h2-6,9-12H,7-8H2,1H3,(H,19,21). The molecule has 0 bridgehead atoms. The Morgan fingerprint density at radius 3 is 2.05 bits per heavy atom. The predicted molar refractivity (Wildman–Crippen MR) is 104 cm³/mol. The van der Waals surface area contributed by atoms with Gasteiger partial charge in [0.1, 0.15) is 9.86 Å². The van der Waals surface area contributed by atoms with Crippen molar-refractivity contribution in [1.82, 2.24) is 5.32 Å². The fraction of sp³-hybridized carbons (Fsp3) is 0.222. The highest BCUT2D eigenvalue weighted by atomic mass is 32.2. The minimum Gasteiger partial charge on any atom is -0.356 e. The maximum absolute atomic E-state index is 5.47.